The summed E-state index contributed by atoms with van der Waals surface area (Å²) < 4.78 is 10.6. The summed E-state index contributed by atoms with van der Waals surface area (Å²) in [6, 6.07) is 3.71. The van der Waals surface area contributed by atoms with Crippen LogP contribution in [0.25, 0.3) is 0 Å². The molecule has 0 atom stereocenters. The topological polar surface area (TPSA) is 35.5 Å². The molecule has 3 nitrogen and oxygen atoms in total. The fourth-order valence-electron chi connectivity index (χ4n) is 1.30. The normalized spacial score (nSPS) is 18.3. The van der Waals surface area contributed by atoms with Crippen LogP contribution >= 0.6 is 11.8 Å². The van der Waals surface area contributed by atoms with E-state index in [9.17, 15) is 4.79 Å². The fraction of sp³-hybridized carbons (Fsp3) is 0.125. The van der Waals surface area contributed by atoms with E-state index >= 15 is 0 Å². The number of thioether (sulfide) groups is 1. The van der Waals surface area contributed by atoms with Gasteiger partial charge in [0.25, 0.3) is 0 Å². The zero-order valence-corrected chi connectivity index (χ0v) is 9.35. The number of ketones is 1. The third-order valence-electron chi connectivity index (χ3n) is 1.93. The summed E-state index contributed by atoms with van der Waals surface area (Å²) in [5.74, 6) is 2.28. The van der Waals surface area contributed by atoms with Gasteiger partial charge in [-0.1, -0.05) is 0 Å². The quantitative estimate of drug-likeness (QED) is 0.556. The van der Waals surface area contributed by atoms with Crippen molar-refractivity contribution < 1.29 is 33.0 Å². The molecule has 0 N–H and O–H groups in total. The summed E-state index contributed by atoms with van der Waals surface area (Å²) >= 11 is 0.940. The summed E-state index contributed by atoms with van der Waals surface area (Å²) in [7, 11) is 0. The number of halogens is 1. The molecule has 68 valence electrons. The van der Waals surface area contributed by atoms with Gasteiger partial charge >= 0.3 is 90.4 Å². The minimum absolute atomic E-state index is 0.191. The summed E-state index contributed by atoms with van der Waals surface area (Å²) in [5, 5.41) is 0. The first-order valence-electron chi connectivity index (χ1n) is 3.67. The van der Waals surface area contributed by atoms with E-state index < -0.39 is 22.0 Å². The Balaban J connectivity index is 2.22. The van der Waals surface area contributed by atoms with Gasteiger partial charge in [-0.15, -0.1) is 0 Å². The van der Waals surface area contributed by atoms with Gasteiger partial charge in [0, 0.05) is 0 Å². The van der Waals surface area contributed by atoms with Crippen LogP contribution in [0.15, 0.2) is 17.0 Å². The predicted molar refractivity (Wildman–Crippen MR) is 42.8 cm³/mol. The molecule has 0 unspecified atom stereocenters. The average Bonchev–Trinajstić information content (AvgIpc) is 2.70. The van der Waals surface area contributed by atoms with Crippen LogP contribution in [0.3, 0.4) is 0 Å². The summed E-state index contributed by atoms with van der Waals surface area (Å²) in [6.45, 7) is 0. The second-order valence-corrected chi connectivity index (χ2v) is 4.98. The zero-order valence-electron chi connectivity index (χ0n) is 6.37. The van der Waals surface area contributed by atoms with E-state index in [-0.39, 0.29) is 5.78 Å². The van der Waals surface area contributed by atoms with Crippen LogP contribution in [0.4, 0.5) is 0 Å². The third-order valence-corrected chi connectivity index (χ3v) is 4.30. The van der Waals surface area contributed by atoms with Crippen molar-refractivity contribution in [3.8, 4) is 11.5 Å². The molecular formula is C8H4IO3S-. The molecule has 0 radical (unpaired) electrons. The molecule has 13 heavy (non-hydrogen) atoms. The molecule has 0 aliphatic carbocycles. The van der Waals surface area contributed by atoms with Gasteiger partial charge in [-0.2, -0.15) is 0 Å². The average molecular weight is 307 g/mol. The second-order valence-electron chi connectivity index (χ2n) is 2.72. The Morgan fingerprint density at radius 1 is 1.31 bits per heavy atom. The van der Waals surface area contributed by atoms with E-state index in [0.717, 1.165) is 22.0 Å². The first-order valence-corrected chi connectivity index (χ1v) is 6.42. The van der Waals surface area contributed by atoms with Crippen LogP contribution in [0.5, 0.6) is 11.5 Å². The van der Waals surface area contributed by atoms with Crippen molar-refractivity contribution in [3.05, 3.63) is 17.7 Å². The number of benzene rings is 1. The van der Waals surface area contributed by atoms with Crippen LogP contribution in [0.1, 0.15) is 10.4 Å². The molecular weight excluding hydrogens is 303 g/mol. The van der Waals surface area contributed by atoms with Crippen molar-refractivity contribution in [1.29, 1.82) is 0 Å². The van der Waals surface area contributed by atoms with Gasteiger partial charge < -0.3 is 0 Å². The van der Waals surface area contributed by atoms with Gasteiger partial charge in [-0.05, 0) is 0 Å². The molecule has 0 aromatic heterocycles. The van der Waals surface area contributed by atoms with E-state index in [1.165, 1.54) is 0 Å². The SMILES string of the molecule is O=C1CSc2cc3c(cc21)O[I-]O3. The molecule has 3 rings (SSSR count). The Kier molecular flexibility index (Phi) is 1.69. The number of carbonyl (C=O) groups excluding carboxylic acids is 1. The molecule has 2 aliphatic heterocycles. The first kappa shape index (κ1) is 7.93. The Hall–Kier alpha value is -0.430. The van der Waals surface area contributed by atoms with Gasteiger partial charge in [0.1, 0.15) is 0 Å². The monoisotopic (exact) mass is 307 g/mol. The number of fused-ring (bicyclic) bond motifs is 2. The number of hydrogen-bond acceptors (Lipinski definition) is 4. The molecule has 0 amide bonds. The van der Waals surface area contributed by atoms with Crippen LogP contribution in [0, 0.1) is 0 Å². The van der Waals surface area contributed by atoms with Crippen molar-refractivity contribution in [1.82, 2.24) is 0 Å². The van der Waals surface area contributed by atoms with Crippen molar-refractivity contribution >= 4 is 17.5 Å². The van der Waals surface area contributed by atoms with Gasteiger partial charge in [0.05, 0.1) is 0 Å². The summed E-state index contributed by atoms with van der Waals surface area (Å²) in [6.07, 6.45) is 0. The van der Waals surface area contributed by atoms with E-state index in [1.807, 2.05) is 6.07 Å². The second kappa shape index (κ2) is 2.78. The Morgan fingerprint density at radius 3 is 2.92 bits per heavy atom. The summed E-state index contributed by atoms with van der Waals surface area (Å²) in [4.78, 5) is 12.4. The van der Waals surface area contributed by atoms with E-state index in [2.05, 4.69) is 0 Å². The van der Waals surface area contributed by atoms with Gasteiger partial charge in [0.2, 0.25) is 0 Å². The van der Waals surface area contributed by atoms with E-state index in [0.29, 0.717) is 5.75 Å². The van der Waals surface area contributed by atoms with Crippen LogP contribution in [0.2, 0.25) is 0 Å². The maximum atomic E-state index is 11.4. The van der Waals surface area contributed by atoms with Gasteiger partial charge in [-0.3, -0.25) is 0 Å². The third kappa shape index (κ3) is 1.13. The standard InChI is InChI=1S/C8H4IO3S/c10-5-3-13-8-2-7-6(1-4(5)8)11-9-12-7/h1-2H,3H2/q-1. The number of Topliss-reactive ketones (excluding diaryl/α,β-unsaturated/α-hetero) is 1. The number of hydrogen-bond donors (Lipinski definition) is 0. The number of rotatable bonds is 0. The van der Waals surface area contributed by atoms with Crippen molar-refractivity contribution in [2.45, 2.75) is 4.90 Å². The molecule has 2 heterocycles. The predicted octanol–water partition coefficient (Wildman–Crippen LogP) is -1.33. The van der Waals surface area contributed by atoms with Crippen molar-refractivity contribution in [3.63, 3.8) is 0 Å². The minimum atomic E-state index is -0.629. The van der Waals surface area contributed by atoms with Gasteiger partial charge in [0.15, 0.2) is 0 Å². The molecule has 1 aromatic carbocycles. The molecule has 2 aliphatic rings. The molecule has 0 spiro atoms. The maximum absolute atomic E-state index is 11.4. The van der Waals surface area contributed by atoms with Crippen molar-refractivity contribution in [2.75, 3.05) is 5.75 Å². The Bertz CT molecular complexity index is 405. The molecule has 1 aromatic rings. The van der Waals surface area contributed by atoms with E-state index in [1.54, 1.807) is 17.8 Å². The number of carbonyl (C=O) groups is 1. The molecule has 0 fully saturated rings. The Morgan fingerprint density at radius 2 is 2.08 bits per heavy atom. The Labute approximate surface area is 90.2 Å². The van der Waals surface area contributed by atoms with Gasteiger partial charge in [-0.25, -0.2) is 0 Å². The molecule has 0 bridgehead atoms. The van der Waals surface area contributed by atoms with E-state index in [4.69, 9.17) is 6.13 Å². The molecule has 0 saturated heterocycles. The van der Waals surface area contributed by atoms with Crippen LogP contribution in [-0.4, -0.2) is 11.5 Å². The van der Waals surface area contributed by atoms with Crippen LogP contribution in [-0.2, 0) is 0 Å². The van der Waals surface area contributed by atoms with Crippen molar-refractivity contribution in [2.24, 2.45) is 0 Å². The zero-order chi connectivity index (χ0) is 8.84. The molecule has 5 heteroatoms. The summed E-state index contributed by atoms with van der Waals surface area (Å²) in [5.41, 5.74) is 0.790. The first-order chi connectivity index (χ1) is 6.34. The molecule has 0 saturated carbocycles. The fourth-order valence-corrected chi connectivity index (χ4v) is 3.43. The van der Waals surface area contributed by atoms with Crippen LogP contribution < -0.4 is 28.2 Å².